The molecule has 0 bridgehead atoms. The molecule has 3 N–H and O–H groups in total. The van der Waals surface area contributed by atoms with E-state index >= 15 is 0 Å². The van der Waals surface area contributed by atoms with Crippen molar-refractivity contribution in [2.75, 3.05) is 26.2 Å². The van der Waals surface area contributed by atoms with Crippen LogP contribution in [0.5, 0.6) is 0 Å². The number of hydrogen-bond acceptors (Lipinski definition) is 3. The molecular formula is C13H16Cl2N2O3. The highest BCUT2D eigenvalue weighted by Crippen LogP contribution is 2.33. The van der Waals surface area contributed by atoms with Crippen molar-refractivity contribution in [3.63, 3.8) is 0 Å². The highest BCUT2D eigenvalue weighted by molar-refractivity contribution is 6.42. The third-order valence-electron chi connectivity index (χ3n) is 3.44. The average molecular weight is 319 g/mol. The Labute approximate surface area is 127 Å². The van der Waals surface area contributed by atoms with Gasteiger partial charge < -0.3 is 20.5 Å². The Morgan fingerprint density at radius 2 is 2.20 bits per heavy atom. The Morgan fingerprint density at radius 1 is 1.45 bits per heavy atom. The summed E-state index contributed by atoms with van der Waals surface area (Å²) >= 11 is 11.9. The molecule has 0 spiro atoms. The summed E-state index contributed by atoms with van der Waals surface area (Å²) in [7, 11) is 0. The number of carbonyl (C=O) groups is 1. The van der Waals surface area contributed by atoms with E-state index in [1.54, 1.807) is 18.2 Å². The highest BCUT2D eigenvalue weighted by atomic mass is 35.5. The fraction of sp³-hybridized carbons (Fsp3) is 0.462. The quantitative estimate of drug-likeness (QED) is 0.878. The van der Waals surface area contributed by atoms with Crippen LogP contribution in [-0.4, -0.2) is 42.3 Å². The Morgan fingerprint density at radius 3 is 2.80 bits per heavy atom. The van der Waals surface area contributed by atoms with Gasteiger partial charge in [0.2, 0.25) is 0 Å². The fourth-order valence-corrected chi connectivity index (χ4v) is 2.61. The number of benzene rings is 1. The number of amides is 1. The van der Waals surface area contributed by atoms with Crippen LogP contribution in [0, 0.1) is 0 Å². The zero-order chi connectivity index (χ0) is 14.8. The van der Waals surface area contributed by atoms with E-state index in [0.717, 1.165) is 5.56 Å². The number of rotatable bonds is 2. The molecule has 1 amide bonds. The van der Waals surface area contributed by atoms with Crippen molar-refractivity contribution < 1.29 is 14.6 Å². The van der Waals surface area contributed by atoms with Crippen LogP contribution in [0.2, 0.25) is 10.0 Å². The van der Waals surface area contributed by atoms with Gasteiger partial charge in [0.15, 0.2) is 0 Å². The number of carboxylic acid groups (broad SMARTS) is 1. The van der Waals surface area contributed by atoms with Crippen molar-refractivity contribution in [1.29, 1.82) is 0 Å². The van der Waals surface area contributed by atoms with Crippen molar-refractivity contribution >= 4 is 29.3 Å². The third kappa shape index (κ3) is 3.01. The predicted molar refractivity (Wildman–Crippen MR) is 77.4 cm³/mol. The molecule has 7 heteroatoms. The summed E-state index contributed by atoms with van der Waals surface area (Å²) in [4.78, 5) is 12.6. The number of ether oxygens (including phenoxy) is 1. The molecule has 1 atom stereocenters. The first-order valence-corrected chi connectivity index (χ1v) is 7.01. The Hall–Kier alpha value is -1.01. The first kappa shape index (κ1) is 15.4. The van der Waals surface area contributed by atoms with Gasteiger partial charge in [-0.05, 0) is 24.1 Å². The van der Waals surface area contributed by atoms with Crippen molar-refractivity contribution in [2.45, 2.75) is 12.0 Å². The molecule has 1 saturated heterocycles. The molecule has 1 heterocycles. The summed E-state index contributed by atoms with van der Waals surface area (Å²) in [5, 5.41) is 10.1. The van der Waals surface area contributed by atoms with Crippen LogP contribution in [0.25, 0.3) is 0 Å². The van der Waals surface area contributed by atoms with Crippen molar-refractivity contribution in [3.8, 4) is 0 Å². The van der Waals surface area contributed by atoms with Gasteiger partial charge in [0.25, 0.3) is 0 Å². The summed E-state index contributed by atoms with van der Waals surface area (Å²) in [5.41, 5.74) is 5.72. The molecule has 0 aliphatic carbocycles. The second kappa shape index (κ2) is 6.18. The molecule has 1 aromatic rings. The molecule has 0 aromatic heterocycles. The average Bonchev–Trinajstić information content (AvgIpc) is 2.65. The van der Waals surface area contributed by atoms with Crippen LogP contribution in [0.3, 0.4) is 0 Å². The van der Waals surface area contributed by atoms with Crippen LogP contribution in [-0.2, 0) is 10.3 Å². The lowest BCUT2D eigenvalue weighted by Crippen LogP contribution is -2.47. The summed E-state index contributed by atoms with van der Waals surface area (Å²) in [5.74, 6) is 0. The zero-order valence-electron chi connectivity index (χ0n) is 10.8. The highest BCUT2D eigenvalue weighted by Gasteiger charge is 2.37. The predicted octanol–water partition coefficient (Wildman–Crippen LogP) is 2.55. The van der Waals surface area contributed by atoms with Crippen molar-refractivity contribution in [2.24, 2.45) is 5.73 Å². The second-order valence-corrected chi connectivity index (χ2v) is 5.55. The maximum absolute atomic E-state index is 11.2. The van der Waals surface area contributed by atoms with Crippen LogP contribution in [0.4, 0.5) is 4.79 Å². The number of hydrogen-bond donors (Lipinski definition) is 2. The lowest BCUT2D eigenvalue weighted by molar-refractivity contribution is -0.0422. The molecule has 2 rings (SSSR count). The molecule has 5 nitrogen and oxygen atoms in total. The Kier molecular flexibility index (Phi) is 4.75. The van der Waals surface area contributed by atoms with E-state index in [2.05, 4.69) is 0 Å². The van der Waals surface area contributed by atoms with Crippen LogP contribution < -0.4 is 5.73 Å². The topological polar surface area (TPSA) is 75.8 Å². The smallest absolute Gasteiger partial charge is 0.407 e. The van der Waals surface area contributed by atoms with Crippen LogP contribution >= 0.6 is 23.2 Å². The van der Waals surface area contributed by atoms with Crippen LogP contribution in [0.15, 0.2) is 18.2 Å². The lowest BCUT2D eigenvalue weighted by atomic mass is 9.93. The lowest BCUT2D eigenvalue weighted by Gasteiger charge is -2.34. The Balaban J connectivity index is 2.39. The summed E-state index contributed by atoms with van der Waals surface area (Å²) in [6, 6.07) is 5.12. The van der Waals surface area contributed by atoms with E-state index in [9.17, 15) is 9.90 Å². The van der Waals surface area contributed by atoms with E-state index in [4.69, 9.17) is 33.7 Å². The van der Waals surface area contributed by atoms with Crippen LogP contribution in [0.1, 0.15) is 12.0 Å². The van der Waals surface area contributed by atoms with Gasteiger partial charge in [0.1, 0.15) is 5.60 Å². The molecule has 1 aliphatic heterocycles. The molecule has 1 fully saturated rings. The molecule has 20 heavy (non-hydrogen) atoms. The van der Waals surface area contributed by atoms with Gasteiger partial charge in [-0.25, -0.2) is 4.79 Å². The van der Waals surface area contributed by atoms with Gasteiger partial charge in [-0.3, -0.25) is 0 Å². The molecule has 1 aromatic carbocycles. The van der Waals surface area contributed by atoms with E-state index < -0.39 is 11.7 Å². The first-order valence-electron chi connectivity index (χ1n) is 6.26. The van der Waals surface area contributed by atoms with Gasteiger partial charge in [-0.15, -0.1) is 0 Å². The molecule has 1 aliphatic rings. The molecule has 110 valence electrons. The summed E-state index contributed by atoms with van der Waals surface area (Å²) < 4.78 is 5.87. The second-order valence-electron chi connectivity index (χ2n) is 4.73. The van der Waals surface area contributed by atoms with E-state index in [1.807, 2.05) is 0 Å². The van der Waals surface area contributed by atoms with E-state index in [0.29, 0.717) is 29.6 Å². The zero-order valence-corrected chi connectivity index (χ0v) is 12.3. The van der Waals surface area contributed by atoms with Gasteiger partial charge in [0.05, 0.1) is 16.6 Å². The van der Waals surface area contributed by atoms with Gasteiger partial charge in [-0.2, -0.15) is 0 Å². The van der Waals surface area contributed by atoms with Gasteiger partial charge >= 0.3 is 6.09 Å². The first-order chi connectivity index (χ1) is 9.48. The minimum absolute atomic E-state index is 0.161. The maximum atomic E-state index is 11.2. The molecule has 0 radical (unpaired) electrons. The SMILES string of the molecule is NCC1(c2ccc(Cl)c(Cl)c2)CN(C(=O)O)CCCO1. The monoisotopic (exact) mass is 318 g/mol. The van der Waals surface area contributed by atoms with Crippen molar-refractivity contribution in [3.05, 3.63) is 33.8 Å². The molecular weight excluding hydrogens is 303 g/mol. The van der Waals surface area contributed by atoms with E-state index in [-0.39, 0.29) is 13.1 Å². The van der Waals surface area contributed by atoms with E-state index in [1.165, 1.54) is 4.90 Å². The number of halogens is 2. The van der Waals surface area contributed by atoms with Gasteiger partial charge in [-0.1, -0.05) is 29.3 Å². The largest absolute Gasteiger partial charge is 0.465 e. The third-order valence-corrected chi connectivity index (χ3v) is 4.18. The minimum atomic E-state index is -0.978. The maximum Gasteiger partial charge on any atom is 0.407 e. The number of nitrogens with two attached hydrogens (primary N) is 1. The normalized spacial score (nSPS) is 23.4. The summed E-state index contributed by atoms with van der Waals surface area (Å²) in [6.07, 6.45) is -0.344. The van der Waals surface area contributed by atoms with Gasteiger partial charge in [0, 0.05) is 19.7 Å². The molecule has 0 saturated carbocycles. The number of nitrogens with zero attached hydrogens (tertiary/aromatic N) is 1. The molecule has 1 unspecified atom stereocenters. The summed E-state index contributed by atoms with van der Waals surface area (Å²) in [6.45, 7) is 1.21. The van der Waals surface area contributed by atoms with Crippen molar-refractivity contribution in [1.82, 2.24) is 4.90 Å². The Bertz CT molecular complexity index is 512. The minimum Gasteiger partial charge on any atom is -0.465 e. The standard InChI is InChI=1S/C13H16Cl2N2O3/c14-10-3-2-9(6-11(10)15)13(7-16)8-17(12(18)19)4-1-5-20-13/h2-3,6H,1,4-5,7-8,16H2,(H,18,19). The fourth-order valence-electron chi connectivity index (χ4n) is 2.31.